The van der Waals surface area contributed by atoms with Crippen molar-refractivity contribution in [3.63, 3.8) is 0 Å². The fraction of sp³-hybridized carbons (Fsp3) is 0.257. The number of hydrogen-bond donors (Lipinski definition) is 2. The average molecular weight is 703 g/mol. The standard InChI is InChI=1S/C18H19Cl2NO.C17H16Cl2N2O3/c1-12-3-4-14(9-13(12)2)7-8-21-18(22)11-15-5-6-16(19)17(20)10-15;1-11-8-12(3-5-16(11)21(23)24)6-7-20-17(22)10-13-2-4-14(18)15(19)9-13/h3-6,9-10H,7-8,11H2,1-2H3,(H,21,22);2-5,8-9H,6-7,10H2,1H3,(H,20,22). The van der Waals surface area contributed by atoms with Crippen LogP contribution in [0.15, 0.2) is 72.8 Å². The van der Waals surface area contributed by atoms with Gasteiger partial charge < -0.3 is 10.6 Å². The van der Waals surface area contributed by atoms with E-state index >= 15 is 0 Å². The van der Waals surface area contributed by atoms with Gasteiger partial charge in [-0.15, -0.1) is 0 Å². The molecule has 0 unspecified atom stereocenters. The van der Waals surface area contributed by atoms with E-state index in [1.165, 1.54) is 22.8 Å². The van der Waals surface area contributed by atoms with E-state index in [1.807, 2.05) is 6.07 Å². The molecule has 4 aromatic rings. The monoisotopic (exact) mass is 701 g/mol. The van der Waals surface area contributed by atoms with Crippen LogP contribution >= 0.6 is 46.4 Å². The van der Waals surface area contributed by atoms with E-state index in [9.17, 15) is 19.7 Å². The lowest BCUT2D eigenvalue weighted by Gasteiger charge is -2.08. The molecule has 0 spiro atoms. The van der Waals surface area contributed by atoms with Gasteiger partial charge in [0, 0.05) is 24.7 Å². The van der Waals surface area contributed by atoms with Crippen molar-refractivity contribution in [3.05, 3.63) is 142 Å². The van der Waals surface area contributed by atoms with E-state index in [4.69, 9.17) is 46.4 Å². The number of halogens is 4. The summed E-state index contributed by atoms with van der Waals surface area (Å²) in [6.45, 7) is 6.98. The number of hydrogen-bond acceptors (Lipinski definition) is 4. The minimum atomic E-state index is -0.405. The minimum absolute atomic E-state index is 0.0118. The Morgan fingerprint density at radius 3 is 1.43 bits per heavy atom. The quantitative estimate of drug-likeness (QED) is 0.121. The first-order chi connectivity index (χ1) is 21.8. The molecular formula is C35H35Cl4N3O4. The van der Waals surface area contributed by atoms with Crippen LogP contribution in [0.25, 0.3) is 0 Å². The van der Waals surface area contributed by atoms with Crippen molar-refractivity contribution in [2.75, 3.05) is 13.1 Å². The summed E-state index contributed by atoms with van der Waals surface area (Å²) in [6.07, 6.45) is 1.96. The van der Waals surface area contributed by atoms with Gasteiger partial charge >= 0.3 is 0 Å². The molecule has 4 aromatic carbocycles. The van der Waals surface area contributed by atoms with Crippen LogP contribution in [0.3, 0.4) is 0 Å². The maximum Gasteiger partial charge on any atom is 0.272 e. The van der Waals surface area contributed by atoms with E-state index in [0.29, 0.717) is 51.6 Å². The second kappa shape index (κ2) is 17.9. The summed E-state index contributed by atoms with van der Waals surface area (Å²) in [4.78, 5) is 34.2. The van der Waals surface area contributed by atoms with Crippen molar-refractivity contribution >= 4 is 63.9 Å². The summed E-state index contributed by atoms with van der Waals surface area (Å²) < 4.78 is 0. The van der Waals surface area contributed by atoms with E-state index in [2.05, 4.69) is 42.7 Å². The summed E-state index contributed by atoms with van der Waals surface area (Å²) in [7, 11) is 0. The molecule has 11 heteroatoms. The van der Waals surface area contributed by atoms with E-state index in [0.717, 1.165) is 23.1 Å². The molecule has 0 heterocycles. The third-order valence-corrected chi connectivity index (χ3v) is 8.68. The summed E-state index contributed by atoms with van der Waals surface area (Å²) in [5.74, 6) is -0.130. The highest BCUT2D eigenvalue weighted by Gasteiger charge is 2.11. The Kier molecular flexibility index (Phi) is 14.3. The normalized spacial score (nSPS) is 10.5. The minimum Gasteiger partial charge on any atom is -0.355 e. The zero-order chi connectivity index (χ0) is 33.8. The fourth-order valence-electron chi connectivity index (χ4n) is 4.52. The molecule has 2 amide bonds. The van der Waals surface area contributed by atoms with Gasteiger partial charge in [0.1, 0.15) is 0 Å². The predicted molar refractivity (Wildman–Crippen MR) is 188 cm³/mol. The van der Waals surface area contributed by atoms with Crippen molar-refractivity contribution < 1.29 is 14.5 Å². The molecule has 0 aromatic heterocycles. The number of nitro groups is 1. The van der Waals surface area contributed by atoms with E-state index < -0.39 is 4.92 Å². The Balaban J connectivity index is 0.000000251. The predicted octanol–water partition coefficient (Wildman–Crippen LogP) is 8.62. The van der Waals surface area contributed by atoms with Crippen molar-refractivity contribution in [1.82, 2.24) is 10.6 Å². The first-order valence-electron chi connectivity index (χ1n) is 14.5. The lowest BCUT2D eigenvalue weighted by molar-refractivity contribution is -0.385. The number of amides is 2. The Morgan fingerprint density at radius 1 is 0.587 bits per heavy atom. The van der Waals surface area contributed by atoms with Crippen LogP contribution in [0.2, 0.25) is 20.1 Å². The van der Waals surface area contributed by atoms with Gasteiger partial charge in [0.15, 0.2) is 0 Å². The second-order valence-corrected chi connectivity index (χ2v) is 12.5. The number of benzene rings is 4. The number of nitrogens with zero attached hydrogens (tertiary/aromatic N) is 1. The van der Waals surface area contributed by atoms with Crippen LogP contribution in [0.5, 0.6) is 0 Å². The Bertz CT molecular complexity index is 1710. The third kappa shape index (κ3) is 12.0. The number of nitro benzene ring substituents is 1. The van der Waals surface area contributed by atoms with Crippen LogP contribution in [-0.2, 0) is 35.3 Å². The second-order valence-electron chi connectivity index (χ2n) is 10.8. The zero-order valence-corrected chi connectivity index (χ0v) is 28.8. The molecule has 0 bridgehead atoms. The molecule has 0 saturated heterocycles. The van der Waals surface area contributed by atoms with E-state index in [1.54, 1.807) is 49.4 Å². The van der Waals surface area contributed by atoms with Crippen LogP contribution in [0, 0.1) is 30.9 Å². The van der Waals surface area contributed by atoms with Gasteiger partial charge in [-0.1, -0.05) is 82.8 Å². The number of aryl methyl sites for hydroxylation is 3. The molecule has 2 N–H and O–H groups in total. The van der Waals surface area contributed by atoms with Crippen LogP contribution in [0.4, 0.5) is 5.69 Å². The lowest BCUT2D eigenvalue weighted by atomic mass is 10.0. The first kappa shape index (κ1) is 36.8. The summed E-state index contributed by atoms with van der Waals surface area (Å²) >= 11 is 23.6. The number of carbonyl (C=O) groups excluding carboxylic acids is 2. The van der Waals surface area contributed by atoms with Crippen LogP contribution < -0.4 is 10.6 Å². The third-order valence-electron chi connectivity index (χ3n) is 7.20. The summed E-state index contributed by atoms with van der Waals surface area (Å²) in [6, 6.07) is 21.7. The van der Waals surface area contributed by atoms with Gasteiger partial charge in [-0.2, -0.15) is 0 Å². The Morgan fingerprint density at radius 2 is 1.02 bits per heavy atom. The maximum atomic E-state index is 11.9. The molecular weight excluding hydrogens is 668 g/mol. The molecule has 4 rings (SSSR count). The van der Waals surface area contributed by atoms with Crippen molar-refractivity contribution in [3.8, 4) is 0 Å². The van der Waals surface area contributed by atoms with Crippen molar-refractivity contribution in [2.45, 2.75) is 46.5 Å². The molecule has 0 radical (unpaired) electrons. The highest BCUT2D eigenvalue weighted by Crippen LogP contribution is 2.24. The van der Waals surface area contributed by atoms with Crippen LogP contribution in [-0.4, -0.2) is 29.8 Å². The SMILES string of the molecule is Cc1cc(CCNC(=O)Cc2ccc(Cl)c(Cl)c2)ccc1[N+](=O)[O-].Cc1ccc(CCNC(=O)Cc2ccc(Cl)c(Cl)c2)cc1C. The van der Waals surface area contributed by atoms with Gasteiger partial charge in [-0.3, -0.25) is 19.7 Å². The summed E-state index contributed by atoms with van der Waals surface area (Å²) in [5, 5.41) is 18.4. The van der Waals surface area contributed by atoms with Gasteiger partial charge in [0.05, 0.1) is 37.9 Å². The molecule has 0 aliphatic rings. The molecule has 0 fully saturated rings. The molecule has 46 heavy (non-hydrogen) atoms. The molecule has 0 aliphatic heterocycles. The van der Waals surface area contributed by atoms with Gasteiger partial charge in [-0.05, 0) is 97.3 Å². The average Bonchev–Trinajstić information content (AvgIpc) is 2.99. The highest BCUT2D eigenvalue weighted by molar-refractivity contribution is 6.42. The summed E-state index contributed by atoms with van der Waals surface area (Å²) in [5.41, 5.74) is 7.09. The Labute approximate surface area is 289 Å². The van der Waals surface area contributed by atoms with Gasteiger partial charge in [0.25, 0.3) is 5.69 Å². The largest absolute Gasteiger partial charge is 0.355 e. The van der Waals surface area contributed by atoms with E-state index in [-0.39, 0.29) is 23.9 Å². The van der Waals surface area contributed by atoms with Crippen molar-refractivity contribution in [2.24, 2.45) is 0 Å². The van der Waals surface area contributed by atoms with Gasteiger partial charge in [-0.25, -0.2) is 0 Å². The molecule has 242 valence electrons. The number of carbonyl (C=O) groups is 2. The van der Waals surface area contributed by atoms with Gasteiger partial charge in [0.2, 0.25) is 11.8 Å². The molecule has 7 nitrogen and oxygen atoms in total. The van der Waals surface area contributed by atoms with Crippen molar-refractivity contribution in [1.29, 1.82) is 0 Å². The molecule has 0 saturated carbocycles. The zero-order valence-electron chi connectivity index (χ0n) is 25.8. The Hall–Kier alpha value is -3.62. The topological polar surface area (TPSA) is 101 Å². The van der Waals surface area contributed by atoms with Crippen LogP contribution in [0.1, 0.15) is 38.9 Å². The number of rotatable bonds is 11. The maximum absolute atomic E-state index is 11.9. The lowest BCUT2D eigenvalue weighted by Crippen LogP contribution is -2.27. The fourth-order valence-corrected chi connectivity index (χ4v) is 5.17. The molecule has 0 atom stereocenters. The first-order valence-corrected chi connectivity index (χ1v) is 16.0. The smallest absolute Gasteiger partial charge is 0.272 e. The number of nitrogens with one attached hydrogen (secondary N) is 2. The molecule has 0 aliphatic carbocycles. The highest BCUT2D eigenvalue weighted by atomic mass is 35.5.